The van der Waals surface area contributed by atoms with Crippen molar-refractivity contribution in [3.05, 3.63) is 98.1 Å². The number of hydrogen-bond acceptors (Lipinski definition) is 5. The largest absolute Gasteiger partial charge is 0.495 e. The van der Waals surface area contributed by atoms with Gasteiger partial charge in [-0.1, -0.05) is 63.4 Å². The van der Waals surface area contributed by atoms with Crippen molar-refractivity contribution in [1.82, 2.24) is 14.8 Å². The van der Waals surface area contributed by atoms with Gasteiger partial charge in [-0.05, 0) is 55.0 Å². The summed E-state index contributed by atoms with van der Waals surface area (Å²) >= 11 is 16.0. The molecule has 182 valence electrons. The molecule has 1 aliphatic rings. The monoisotopic (exact) mass is 583 g/mol. The highest BCUT2D eigenvalue weighted by molar-refractivity contribution is 9.10. The Labute approximate surface area is 226 Å². The summed E-state index contributed by atoms with van der Waals surface area (Å²) < 4.78 is 8.04. The van der Waals surface area contributed by atoms with E-state index in [1.807, 2.05) is 43.3 Å². The first-order valence-electron chi connectivity index (χ1n) is 11.0. The number of rotatable bonds is 5. The number of ether oxygens (including phenoxy) is 1. The molecule has 0 saturated carbocycles. The van der Waals surface area contributed by atoms with Crippen LogP contribution in [-0.2, 0) is 4.79 Å². The molecule has 1 unspecified atom stereocenters. The van der Waals surface area contributed by atoms with Crippen LogP contribution in [-0.4, -0.2) is 27.8 Å². The number of nitrogens with one attached hydrogen (secondary N) is 2. The number of nitrogens with zero attached hydrogens (tertiary/aromatic N) is 3. The summed E-state index contributed by atoms with van der Waals surface area (Å²) in [6.07, 6.45) is 0. The third-order valence-electron chi connectivity index (χ3n) is 5.81. The minimum Gasteiger partial charge on any atom is -0.495 e. The molecule has 7 nitrogen and oxygen atoms in total. The Hall–Kier alpha value is -3.33. The zero-order valence-corrected chi connectivity index (χ0v) is 22.3. The number of aromatic nitrogens is 3. The number of benzene rings is 3. The number of methoxy groups -OCH3 is 1. The van der Waals surface area contributed by atoms with Gasteiger partial charge in [0.2, 0.25) is 5.95 Å². The van der Waals surface area contributed by atoms with Gasteiger partial charge in [-0.15, -0.1) is 5.10 Å². The van der Waals surface area contributed by atoms with Crippen molar-refractivity contribution in [1.29, 1.82) is 0 Å². The Morgan fingerprint density at radius 2 is 1.86 bits per heavy atom. The first-order valence-corrected chi connectivity index (χ1v) is 12.5. The van der Waals surface area contributed by atoms with Crippen molar-refractivity contribution in [2.45, 2.75) is 13.0 Å². The molecular weight excluding hydrogens is 565 g/mol. The van der Waals surface area contributed by atoms with Gasteiger partial charge in [-0.2, -0.15) is 4.98 Å². The number of hydrogen-bond donors (Lipinski definition) is 2. The summed E-state index contributed by atoms with van der Waals surface area (Å²) in [6, 6.07) is 19.6. The average molecular weight is 585 g/mol. The number of anilines is 2. The molecule has 0 radical (unpaired) electrons. The highest BCUT2D eigenvalue weighted by Crippen LogP contribution is 2.38. The fourth-order valence-corrected chi connectivity index (χ4v) is 4.88. The van der Waals surface area contributed by atoms with Crippen molar-refractivity contribution < 1.29 is 9.53 Å². The Morgan fingerprint density at radius 3 is 2.58 bits per heavy atom. The summed E-state index contributed by atoms with van der Waals surface area (Å²) in [5.41, 5.74) is 3.22. The molecule has 10 heteroatoms. The van der Waals surface area contributed by atoms with Gasteiger partial charge < -0.3 is 15.4 Å². The van der Waals surface area contributed by atoms with E-state index in [9.17, 15) is 4.79 Å². The second-order valence-corrected chi connectivity index (χ2v) is 9.86. The molecule has 1 atom stereocenters. The van der Waals surface area contributed by atoms with Gasteiger partial charge in [0.25, 0.3) is 5.91 Å². The smallest absolute Gasteiger partial charge is 0.255 e. The number of allylic oxidation sites excluding steroid dienone is 1. The first-order chi connectivity index (χ1) is 17.4. The van der Waals surface area contributed by atoms with E-state index in [1.165, 1.54) is 0 Å². The molecular formula is C26H20BrCl2N5O2. The van der Waals surface area contributed by atoms with Gasteiger partial charge >= 0.3 is 0 Å². The molecule has 0 aliphatic carbocycles. The fourth-order valence-electron chi connectivity index (χ4n) is 4.12. The van der Waals surface area contributed by atoms with E-state index in [0.29, 0.717) is 50.1 Å². The number of carbonyl (C=O) groups excluding carboxylic acids is 1. The average Bonchev–Trinajstić information content (AvgIpc) is 3.27. The zero-order valence-electron chi connectivity index (χ0n) is 19.2. The molecule has 4 aromatic rings. The number of fused-ring (bicyclic) bond motifs is 1. The molecule has 2 N–H and O–H groups in total. The van der Waals surface area contributed by atoms with Gasteiger partial charge in [0.1, 0.15) is 11.8 Å². The Balaban J connectivity index is 1.61. The number of amides is 1. The van der Waals surface area contributed by atoms with Gasteiger partial charge in [-0.3, -0.25) is 4.79 Å². The third-order valence-corrected chi connectivity index (χ3v) is 6.89. The maximum absolute atomic E-state index is 13.7. The topological polar surface area (TPSA) is 81.1 Å². The Morgan fingerprint density at radius 1 is 1.11 bits per heavy atom. The predicted molar refractivity (Wildman–Crippen MR) is 146 cm³/mol. The number of carbonyl (C=O) groups is 1. The van der Waals surface area contributed by atoms with E-state index in [1.54, 1.807) is 42.1 Å². The van der Waals surface area contributed by atoms with Crippen LogP contribution in [0, 0.1) is 0 Å². The first kappa shape index (κ1) is 24.4. The van der Waals surface area contributed by atoms with Crippen LogP contribution in [0.25, 0.3) is 11.4 Å². The maximum Gasteiger partial charge on any atom is 0.255 e. The van der Waals surface area contributed by atoms with Crippen LogP contribution >= 0.6 is 39.1 Å². The normalized spacial score (nSPS) is 14.8. The van der Waals surface area contributed by atoms with Crippen molar-refractivity contribution in [2.24, 2.45) is 0 Å². The molecule has 3 aromatic carbocycles. The van der Waals surface area contributed by atoms with E-state index in [0.717, 1.165) is 10.0 Å². The minimum absolute atomic E-state index is 0.287. The van der Waals surface area contributed by atoms with Gasteiger partial charge in [-0.25, -0.2) is 4.68 Å². The summed E-state index contributed by atoms with van der Waals surface area (Å²) in [5.74, 6) is 1.19. The lowest BCUT2D eigenvalue weighted by Crippen LogP contribution is -2.31. The van der Waals surface area contributed by atoms with Crippen LogP contribution in [0.5, 0.6) is 5.75 Å². The molecule has 0 bridgehead atoms. The quantitative estimate of drug-likeness (QED) is 0.265. The van der Waals surface area contributed by atoms with Gasteiger partial charge in [0.05, 0.1) is 23.4 Å². The van der Waals surface area contributed by atoms with Crippen molar-refractivity contribution >= 4 is 56.7 Å². The third kappa shape index (κ3) is 4.59. The molecule has 1 aliphatic heterocycles. The standard InChI is InChI=1S/C26H20BrCl2N5O2/c1-14-22(25(35)31-20-5-3-4-6-21(20)36-2)23(15-7-9-16(27)10-8-15)34-26(30-14)32-24(33-34)18-12-11-17(28)13-19(18)29/h3-13,23H,1-2H3,(H,31,35)(H,30,32,33). The lowest BCUT2D eigenvalue weighted by atomic mass is 9.95. The van der Waals surface area contributed by atoms with Crippen LogP contribution < -0.4 is 15.4 Å². The molecule has 0 fully saturated rings. The van der Waals surface area contributed by atoms with E-state index in [4.69, 9.17) is 33.0 Å². The lowest BCUT2D eigenvalue weighted by Gasteiger charge is -2.29. The summed E-state index contributed by atoms with van der Waals surface area (Å²) in [4.78, 5) is 18.4. The van der Waals surface area contributed by atoms with Crippen molar-refractivity contribution in [3.8, 4) is 17.1 Å². The summed E-state index contributed by atoms with van der Waals surface area (Å²) in [7, 11) is 1.56. The van der Waals surface area contributed by atoms with E-state index < -0.39 is 6.04 Å². The molecule has 0 saturated heterocycles. The van der Waals surface area contributed by atoms with Gasteiger partial charge in [0, 0.05) is 20.8 Å². The Kier molecular flexibility index (Phi) is 6.75. The van der Waals surface area contributed by atoms with Crippen molar-refractivity contribution in [2.75, 3.05) is 17.7 Å². The molecule has 5 rings (SSSR count). The SMILES string of the molecule is COc1ccccc1NC(=O)C1=C(C)Nc2nc(-c3ccc(Cl)cc3Cl)nn2C1c1ccc(Br)cc1. The minimum atomic E-state index is -0.545. The predicted octanol–water partition coefficient (Wildman–Crippen LogP) is 6.95. The fraction of sp³-hybridized carbons (Fsp3) is 0.115. The lowest BCUT2D eigenvalue weighted by molar-refractivity contribution is -0.113. The number of halogens is 3. The molecule has 0 spiro atoms. The second-order valence-electron chi connectivity index (χ2n) is 8.10. The van der Waals surface area contributed by atoms with Crippen LogP contribution in [0.15, 0.2) is 82.5 Å². The highest BCUT2D eigenvalue weighted by Gasteiger charge is 2.35. The summed E-state index contributed by atoms with van der Waals surface area (Å²) in [6.45, 7) is 1.84. The van der Waals surface area contributed by atoms with Crippen LogP contribution in [0.3, 0.4) is 0 Å². The van der Waals surface area contributed by atoms with Crippen LogP contribution in [0.1, 0.15) is 18.5 Å². The maximum atomic E-state index is 13.7. The van der Waals surface area contributed by atoms with E-state index in [-0.39, 0.29) is 5.91 Å². The molecule has 2 heterocycles. The summed E-state index contributed by atoms with van der Waals surface area (Å²) in [5, 5.41) is 11.9. The number of para-hydroxylation sites is 2. The second kappa shape index (κ2) is 9.97. The van der Waals surface area contributed by atoms with E-state index in [2.05, 4.69) is 31.5 Å². The Bertz CT molecular complexity index is 1500. The van der Waals surface area contributed by atoms with Crippen LogP contribution in [0.4, 0.5) is 11.6 Å². The molecule has 36 heavy (non-hydrogen) atoms. The zero-order chi connectivity index (χ0) is 25.4. The molecule has 1 aromatic heterocycles. The van der Waals surface area contributed by atoms with Gasteiger partial charge in [0.15, 0.2) is 5.82 Å². The van der Waals surface area contributed by atoms with Crippen LogP contribution in [0.2, 0.25) is 10.0 Å². The highest BCUT2D eigenvalue weighted by atomic mass is 79.9. The molecule has 1 amide bonds. The van der Waals surface area contributed by atoms with E-state index >= 15 is 0 Å². The van der Waals surface area contributed by atoms with Crippen molar-refractivity contribution in [3.63, 3.8) is 0 Å².